The SMILES string of the molecule is COC(=O)c1c(N)c(C#N)cn1-c1ccc(C(=O)C(C)CC(=O)O)cc1. The van der Waals surface area contributed by atoms with E-state index >= 15 is 0 Å². The molecule has 0 aliphatic rings. The van der Waals surface area contributed by atoms with Crippen LogP contribution in [0.1, 0.15) is 39.8 Å². The Morgan fingerprint density at radius 3 is 2.42 bits per heavy atom. The zero-order valence-electron chi connectivity index (χ0n) is 14.2. The van der Waals surface area contributed by atoms with E-state index in [2.05, 4.69) is 0 Å². The van der Waals surface area contributed by atoms with Gasteiger partial charge in [-0.05, 0) is 24.3 Å². The number of ketones is 1. The molecule has 0 aliphatic carbocycles. The van der Waals surface area contributed by atoms with Crippen molar-refractivity contribution < 1.29 is 24.2 Å². The van der Waals surface area contributed by atoms with Gasteiger partial charge in [0.1, 0.15) is 6.07 Å². The number of methoxy groups -OCH3 is 1. The van der Waals surface area contributed by atoms with Crippen LogP contribution in [0.3, 0.4) is 0 Å². The van der Waals surface area contributed by atoms with E-state index in [1.165, 1.54) is 30.0 Å². The maximum absolute atomic E-state index is 12.2. The number of ether oxygens (including phenoxy) is 1. The normalized spacial score (nSPS) is 11.4. The van der Waals surface area contributed by atoms with Crippen molar-refractivity contribution in [2.75, 3.05) is 12.8 Å². The molecular formula is C18H17N3O5. The monoisotopic (exact) mass is 355 g/mol. The number of aromatic nitrogens is 1. The van der Waals surface area contributed by atoms with Crippen LogP contribution in [0.4, 0.5) is 5.69 Å². The minimum Gasteiger partial charge on any atom is -0.481 e. The van der Waals surface area contributed by atoms with Crippen molar-refractivity contribution in [3.8, 4) is 11.8 Å². The lowest BCUT2D eigenvalue weighted by atomic mass is 9.96. The maximum atomic E-state index is 12.2. The molecule has 1 atom stereocenters. The summed E-state index contributed by atoms with van der Waals surface area (Å²) < 4.78 is 6.12. The number of hydrogen-bond donors (Lipinski definition) is 2. The molecule has 1 unspecified atom stereocenters. The van der Waals surface area contributed by atoms with Crippen LogP contribution in [-0.4, -0.2) is 34.5 Å². The Morgan fingerprint density at radius 2 is 1.92 bits per heavy atom. The summed E-state index contributed by atoms with van der Waals surface area (Å²) in [6.45, 7) is 1.55. The number of nitrogens with zero attached hydrogens (tertiary/aromatic N) is 2. The summed E-state index contributed by atoms with van der Waals surface area (Å²) in [4.78, 5) is 35.0. The first-order valence-electron chi connectivity index (χ1n) is 7.65. The summed E-state index contributed by atoms with van der Waals surface area (Å²) >= 11 is 0. The van der Waals surface area contributed by atoms with Crippen molar-refractivity contribution in [2.24, 2.45) is 5.92 Å². The van der Waals surface area contributed by atoms with E-state index in [-0.39, 0.29) is 29.1 Å². The minimum absolute atomic E-state index is 0.00887. The van der Waals surface area contributed by atoms with Gasteiger partial charge in [0.2, 0.25) is 0 Å². The number of benzene rings is 1. The third-order valence-corrected chi connectivity index (χ3v) is 3.90. The summed E-state index contributed by atoms with van der Waals surface area (Å²) in [5, 5.41) is 17.9. The van der Waals surface area contributed by atoms with E-state index in [4.69, 9.17) is 20.8 Å². The van der Waals surface area contributed by atoms with Crippen molar-refractivity contribution >= 4 is 23.4 Å². The first-order valence-corrected chi connectivity index (χ1v) is 7.65. The summed E-state index contributed by atoms with van der Waals surface area (Å²) in [5.74, 6) is -2.69. The van der Waals surface area contributed by atoms with Gasteiger partial charge >= 0.3 is 11.9 Å². The average molecular weight is 355 g/mol. The zero-order valence-corrected chi connectivity index (χ0v) is 14.2. The van der Waals surface area contributed by atoms with Crippen LogP contribution in [0, 0.1) is 17.2 Å². The lowest BCUT2D eigenvalue weighted by molar-refractivity contribution is -0.137. The first-order chi connectivity index (χ1) is 12.3. The van der Waals surface area contributed by atoms with Crippen molar-refractivity contribution in [1.29, 1.82) is 5.26 Å². The van der Waals surface area contributed by atoms with Gasteiger partial charge in [-0.2, -0.15) is 5.26 Å². The van der Waals surface area contributed by atoms with Crippen LogP contribution >= 0.6 is 0 Å². The molecule has 8 nitrogen and oxygen atoms in total. The number of esters is 1. The maximum Gasteiger partial charge on any atom is 0.357 e. The Hall–Kier alpha value is -3.60. The highest BCUT2D eigenvalue weighted by Crippen LogP contribution is 2.25. The number of rotatable bonds is 6. The van der Waals surface area contributed by atoms with Crippen molar-refractivity contribution in [3.05, 3.63) is 47.3 Å². The summed E-state index contributed by atoms with van der Waals surface area (Å²) in [7, 11) is 1.21. The lowest BCUT2D eigenvalue weighted by Gasteiger charge is -2.11. The summed E-state index contributed by atoms with van der Waals surface area (Å²) in [6, 6.07) is 8.11. The largest absolute Gasteiger partial charge is 0.481 e. The number of aliphatic carboxylic acids is 1. The second-order valence-corrected chi connectivity index (χ2v) is 5.69. The highest BCUT2D eigenvalue weighted by Gasteiger charge is 2.22. The standard InChI is InChI=1S/C18H17N3O5/c1-10(7-14(22)23)17(24)11-3-5-13(6-4-11)21-9-12(8-19)15(20)16(21)18(25)26-2/h3-6,9-10H,7,20H2,1-2H3,(H,22,23). The third-order valence-electron chi connectivity index (χ3n) is 3.90. The molecule has 0 aliphatic heterocycles. The van der Waals surface area contributed by atoms with Crippen molar-refractivity contribution in [3.63, 3.8) is 0 Å². The molecule has 3 N–H and O–H groups in total. The molecule has 0 saturated carbocycles. The molecule has 0 fully saturated rings. The molecule has 1 aromatic carbocycles. The number of nitriles is 1. The number of nitrogen functional groups attached to an aromatic ring is 1. The molecular weight excluding hydrogens is 338 g/mol. The number of Topliss-reactive ketones (excluding diaryl/α,β-unsaturated/α-hetero) is 1. The Kier molecular flexibility index (Phi) is 5.42. The van der Waals surface area contributed by atoms with Crippen LogP contribution < -0.4 is 5.73 Å². The van der Waals surface area contributed by atoms with Crippen molar-refractivity contribution in [1.82, 2.24) is 4.57 Å². The van der Waals surface area contributed by atoms with Gasteiger partial charge < -0.3 is 20.1 Å². The molecule has 1 heterocycles. The van der Waals surface area contributed by atoms with E-state index in [1.54, 1.807) is 19.1 Å². The van der Waals surface area contributed by atoms with Crippen LogP contribution in [-0.2, 0) is 9.53 Å². The Balaban J connectivity index is 2.40. The van der Waals surface area contributed by atoms with Gasteiger partial charge in [0.05, 0.1) is 24.8 Å². The number of carboxylic acid groups (broad SMARTS) is 1. The number of anilines is 1. The molecule has 0 bridgehead atoms. The average Bonchev–Trinajstić information content (AvgIpc) is 2.96. The molecule has 2 aromatic rings. The summed E-state index contributed by atoms with van der Waals surface area (Å²) in [5.41, 5.74) is 6.84. The van der Waals surface area contributed by atoms with Crippen molar-refractivity contribution in [2.45, 2.75) is 13.3 Å². The Labute approximate surface area is 149 Å². The topological polar surface area (TPSA) is 135 Å². The molecule has 0 spiro atoms. The molecule has 0 saturated heterocycles. The van der Waals surface area contributed by atoms with E-state index in [1.807, 2.05) is 6.07 Å². The second kappa shape index (κ2) is 7.53. The van der Waals surface area contributed by atoms with Gasteiger partial charge in [0.25, 0.3) is 0 Å². The van der Waals surface area contributed by atoms with Crippen LogP contribution in [0.25, 0.3) is 5.69 Å². The highest BCUT2D eigenvalue weighted by atomic mass is 16.5. The number of carboxylic acids is 1. The van der Waals surface area contributed by atoms with Gasteiger partial charge in [-0.3, -0.25) is 9.59 Å². The van der Waals surface area contributed by atoms with E-state index in [9.17, 15) is 14.4 Å². The fraction of sp³-hybridized carbons (Fsp3) is 0.222. The second-order valence-electron chi connectivity index (χ2n) is 5.69. The fourth-order valence-electron chi connectivity index (χ4n) is 2.54. The van der Waals surface area contributed by atoms with Gasteiger partial charge in [0.15, 0.2) is 11.5 Å². The van der Waals surface area contributed by atoms with Crippen LogP contribution in [0.5, 0.6) is 0 Å². The zero-order chi connectivity index (χ0) is 19.4. The minimum atomic E-state index is -1.04. The van der Waals surface area contributed by atoms with Gasteiger partial charge in [-0.25, -0.2) is 4.79 Å². The molecule has 2 rings (SSSR count). The fourth-order valence-corrected chi connectivity index (χ4v) is 2.54. The predicted molar refractivity (Wildman–Crippen MR) is 92.0 cm³/mol. The molecule has 1 aromatic heterocycles. The van der Waals surface area contributed by atoms with E-state index in [0.717, 1.165) is 0 Å². The van der Waals surface area contributed by atoms with Crippen LogP contribution in [0.15, 0.2) is 30.5 Å². The molecule has 8 heteroatoms. The van der Waals surface area contributed by atoms with Gasteiger partial charge in [0, 0.05) is 23.4 Å². The van der Waals surface area contributed by atoms with Gasteiger partial charge in [-0.15, -0.1) is 0 Å². The highest BCUT2D eigenvalue weighted by molar-refractivity contribution is 5.99. The third kappa shape index (κ3) is 3.57. The smallest absolute Gasteiger partial charge is 0.357 e. The predicted octanol–water partition coefficient (Wildman–Crippen LogP) is 2.01. The van der Waals surface area contributed by atoms with Gasteiger partial charge in [-0.1, -0.05) is 6.92 Å². The lowest BCUT2D eigenvalue weighted by Crippen LogP contribution is -2.15. The van der Waals surface area contributed by atoms with Crippen LogP contribution in [0.2, 0.25) is 0 Å². The quantitative estimate of drug-likeness (QED) is 0.597. The first kappa shape index (κ1) is 18.7. The molecule has 26 heavy (non-hydrogen) atoms. The Morgan fingerprint density at radius 1 is 1.31 bits per heavy atom. The van der Waals surface area contributed by atoms with E-state index < -0.39 is 17.9 Å². The number of hydrogen-bond acceptors (Lipinski definition) is 6. The van der Waals surface area contributed by atoms with E-state index in [0.29, 0.717) is 11.3 Å². The molecule has 0 amide bonds. The Bertz CT molecular complexity index is 906. The number of carbonyl (C=O) groups is 3. The molecule has 0 radical (unpaired) electrons. The number of carbonyl (C=O) groups excluding carboxylic acids is 2. The number of nitrogens with two attached hydrogens (primary N) is 1. The molecule has 134 valence electrons. The summed E-state index contributed by atoms with van der Waals surface area (Å²) in [6.07, 6.45) is 1.15.